The van der Waals surface area contributed by atoms with E-state index in [1.165, 1.54) is 23.6 Å². The van der Waals surface area contributed by atoms with Crippen LogP contribution in [0.15, 0.2) is 0 Å². The maximum absolute atomic E-state index is 12.8. The largest absolute Gasteiger partial charge is 0.480 e. The molecule has 10 nitrogen and oxygen atoms in total. The third-order valence-corrected chi connectivity index (χ3v) is 6.13. The van der Waals surface area contributed by atoms with E-state index in [0.717, 1.165) is 19.4 Å². The quantitative estimate of drug-likeness (QED) is 0.286. The number of aliphatic hydroxyl groups is 1. The molecule has 2 fully saturated rings. The van der Waals surface area contributed by atoms with Crippen LogP contribution in [0.2, 0.25) is 0 Å². The van der Waals surface area contributed by atoms with E-state index in [9.17, 15) is 29.4 Å². The summed E-state index contributed by atoms with van der Waals surface area (Å²) in [6.45, 7) is 2.59. The smallest absolute Gasteiger partial charge is 0.326 e. The van der Waals surface area contributed by atoms with Gasteiger partial charge in [-0.05, 0) is 57.6 Å². The molecule has 5 atom stereocenters. The fourth-order valence-corrected chi connectivity index (χ4v) is 4.28. The topological polar surface area (TPSA) is 148 Å². The fourth-order valence-electron chi connectivity index (χ4n) is 3.81. The summed E-state index contributed by atoms with van der Waals surface area (Å²) in [4.78, 5) is 51.1. The first kappa shape index (κ1) is 24.4. The van der Waals surface area contributed by atoms with Crippen LogP contribution in [0.25, 0.3) is 0 Å². The van der Waals surface area contributed by atoms with Crippen molar-refractivity contribution < 1.29 is 29.4 Å². The van der Waals surface area contributed by atoms with Crippen LogP contribution in [0.1, 0.15) is 39.0 Å². The molecule has 0 spiro atoms. The highest BCUT2D eigenvalue weighted by Crippen LogP contribution is 2.21. The Hall–Kier alpha value is -1.85. The van der Waals surface area contributed by atoms with Crippen molar-refractivity contribution in [1.82, 2.24) is 20.9 Å². The van der Waals surface area contributed by atoms with Crippen molar-refractivity contribution in [1.29, 1.82) is 0 Å². The van der Waals surface area contributed by atoms with E-state index in [2.05, 4.69) is 16.0 Å². The van der Waals surface area contributed by atoms with Gasteiger partial charge in [0.1, 0.15) is 18.1 Å². The van der Waals surface area contributed by atoms with Crippen LogP contribution in [0, 0.1) is 0 Å². The number of aliphatic carboxylic acids is 1. The Morgan fingerprint density at radius 3 is 2.50 bits per heavy atom. The molecule has 0 aliphatic carbocycles. The average Bonchev–Trinajstić information content (AvgIpc) is 3.39. The molecule has 5 unspecified atom stereocenters. The lowest BCUT2D eigenvalue weighted by Gasteiger charge is -2.29. The molecule has 0 aromatic carbocycles. The molecule has 11 heteroatoms. The predicted octanol–water partition coefficient (Wildman–Crippen LogP) is -1.08. The number of aliphatic hydroxyl groups excluding tert-OH is 1. The first-order valence-electron chi connectivity index (χ1n) is 10.3. The lowest BCUT2D eigenvalue weighted by atomic mass is 10.1. The van der Waals surface area contributed by atoms with Crippen molar-refractivity contribution in [3.8, 4) is 0 Å². The molecule has 3 amide bonds. The number of hydrogen-bond acceptors (Lipinski definition) is 7. The minimum absolute atomic E-state index is 0.119. The van der Waals surface area contributed by atoms with E-state index in [1.54, 1.807) is 0 Å². The number of nitrogens with one attached hydrogen (secondary N) is 3. The van der Waals surface area contributed by atoms with Crippen LogP contribution in [0.5, 0.6) is 0 Å². The second-order valence-corrected chi connectivity index (χ2v) is 8.73. The molecule has 0 saturated carbocycles. The minimum Gasteiger partial charge on any atom is -0.480 e. The minimum atomic E-state index is -1.31. The van der Waals surface area contributed by atoms with E-state index in [0.29, 0.717) is 25.1 Å². The van der Waals surface area contributed by atoms with E-state index < -0.39 is 42.0 Å². The van der Waals surface area contributed by atoms with E-state index in [-0.39, 0.29) is 18.4 Å². The van der Waals surface area contributed by atoms with Gasteiger partial charge in [0, 0.05) is 6.54 Å². The third kappa shape index (κ3) is 6.32. The third-order valence-electron chi connectivity index (χ3n) is 5.48. The van der Waals surface area contributed by atoms with Crippen molar-refractivity contribution >= 4 is 35.5 Å². The highest BCUT2D eigenvalue weighted by molar-refractivity contribution is 7.98. The monoisotopic (exact) mass is 444 g/mol. The molecular weight excluding hydrogens is 412 g/mol. The van der Waals surface area contributed by atoms with Crippen molar-refractivity contribution in [2.45, 2.75) is 69.3 Å². The number of carboxylic acids is 1. The molecule has 0 aromatic rings. The summed E-state index contributed by atoms with van der Waals surface area (Å²) >= 11 is 1.45. The summed E-state index contributed by atoms with van der Waals surface area (Å²) in [7, 11) is 0. The first-order valence-corrected chi connectivity index (χ1v) is 11.7. The van der Waals surface area contributed by atoms with Crippen LogP contribution >= 0.6 is 11.8 Å². The SMILES string of the molecule is CSCCC(NC(=O)C(NC(=O)C1CCCN1C(=O)C1CCCN1)C(C)O)C(=O)O. The number of hydrogen-bond donors (Lipinski definition) is 5. The molecule has 2 aliphatic heterocycles. The van der Waals surface area contributed by atoms with Crippen molar-refractivity contribution in [2.24, 2.45) is 0 Å². The lowest BCUT2D eigenvalue weighted by molar-refractivity contribution is -0.144. The zero-order valence-corrected chi connectivity index (χ0v) is 18.2. The van der Waals surface area contributed by atoms with Gasteiger partial charge in [-0.2, -0.15) is 11.8 Å². The number of carbonyl (C=O) groups is 4. The van der Waals surface area contributed by atoms with Gasteiger partial charge in [0.25, 0.3) is 0 Å². The maximum Gasteiger partial charge on any atom is 0.326 e. The summed E-state index contributed by atoms with van der Waals surface area (Å²) < 4.78 is 0. The summed E-state index contributed by atoms with van der Waals surface area (Å²) in [5.41, 5.74) is 0. The lowest BCUT2D eigenvalue weighted by Crippen LogP contribution is -2.59. The van der Waals surface area contributed by atoms with Crippen LogP contribution in [-0.4, -0.2) is 94.2 Å². The van der Waals surface area contributed by atoms with E-state index in [4.69, 9.17) is 0 Å². The van der Waals surface area contributed by atoms with Gasteiger partial charge in [-0.3, -0.25) is 14.4 Å². The van der Waals surface area contributed by atoms with Gasteiger partial charge in [0.2, 0.25) is 17.7 Å². The molecule has 0 radical (unpaired) electrons. The molecular formula is C19H32N4O6S. The van der Waals surface area contributed by atoms with Gasteiger partial charge in [-0.25, -0.2) is 4.79 Å². The number of rotatable bonds is 10. The number of likely N-dealkylation sites (tertiary alicyclic amines) is 1. The zero-order chi connectivity index (χ0) is 22.3. The molecule has 5 N–H and O–H groups in total. The van der Waals surface area contributed by atoms with E-state index >= 15 is 0 Å². The molecule has 0 bridgehead atoms. The number of carbonyl (C=O) groups excluding carboxylic acids is 3. The zero-order valence-electron chi connectivity index (χ0n) is 17.4. The molecule has 2 aliphatic rings. The van der Waals surface area contributed by atoms with Crippen LogP contribution in [0.4, 0.5) is 0 Å². The Morgan fingerprint density at radius 2 is 1.93 bits per heavy atom. The van der Waals surface area contributed by atoms with Crippen molar-refractivity contribution in [2.75, 3.05) is 25.1 Å². The number of amides is 3. The summed E-state index contributed by atoms with van der Waals surface area (Å²) in [6, 6.07) is -3.42. The Labute approximate surface area is 180 Å². The highest BCUT2D eigenvalue weighted by Gasteiger charge is 2.39. The van der Waals surface area contributed by atoms with Gasteiger partial charge in [-0.1, -0.05) is 0 Å². The number of nitrogens with zero attached hydrogens (tertiary/aromatic N) is 1. The van der Waals surface area contributed by atoms with Gasteiger partial charge < -0.3 is 31.1 Å². The van der Waals surface area contributed by atoms with Crippen molar-refractivity contribution in [3.63, 3.8) is 0 Å². The van der Waals surface area contributed by atoms with Crippen LogP contribution in [0.3, 0.4) is 0 Å². The highest BCUT2D eigenvalue weighted by atomic mass is 32.2. The predicted molar refractivity (Wildman–Crippen MR) is 112 cm³/mol. The molecule has 30 heavy (non-hydrogen) atoms. The number of carboxylic acid groups (broad SMARTS) is 1. The standard InChI is InChI=1S/C19H32N4O6S/c1-11(24)15(17(26)21-13(19(28)29)7-10-30-2)22-16(25)14-6-4-9-23(14)18(27)12-5-3-8-20-12/h11-15,20,24H,3-10H2,1-2H3,(H,21,26)(H,22,25)(H,28,29). The Kier molecular flexibility index (Phi) is 9.37. The Morgan fingerprint density at radius 1 is 1.20 bits per heavy atom. The molecule has 2 rings (SSSR count). The molecule has 0 aromatic heterocycles. The first-order chi connectivity index (χ1) is 14.3. The molecule has 2 heterocycles. The van der Waals surface area contributed by atoms with Gasteiger partial charge in [0.15, 0.2) is 0 Å². The van der Waals surface area contributed by atoms with Gasteiger partial charge >= 0.3 is 5.97 Å². The fraction of sp³-hybridized carbons (Fsp3) is 0.789. The van der Waals surface area contributed by atoms with Crippen LogP contribution in [-0.2, 0) is 19.2 Å². The Balaban J connectivity index is 2.02. The second kappa shape index (κ2) is 11.5. The summed E-state index contributed by atoms with van der Waals surface area (Å²) in [5.74, 6) is -2.04. The summed E-state index contributed by atoms with van der Waals surface area (Å²) in [5, 5.41) is 27.4. The average molecular weight is 445 g/mol. The van der Waals surface area contributed by atoms with Crippen LogP contribution < -0.4 is 16.0 Å². The maximum atomic E-state index is 12.8. The van der Waals surface area contributed by atoms with Crippen molar-refractivity contribution in [3.05, 3.63) is 0 Å². The molecule has 170 valence electrons. The second-order valence-electron chi connectivity index (χ2n) is 7.75. The normalized spacial score (nSPS) is 24.2. The Bertz CT molecular complexity index is 641. The number of thioether (sulfide) groups is 1. The summed E-state index contributed by atoms with van der Waals surface area (Å²) in [6.07, 6.45) is 3.62. The van der Waals surface area contributed by atoms with E-state index in [1.807, 2.05) is 6.26 Å². The van der Waals surface area contributed by atoms with Gasteiger partial charge in [-0.15, -0.1) is 0 Å². The van der Waals surface area contributed by atoms with Gasteiger partial charge in [0.05, 0.1) is 12.1 Å². The molecule has 2 saturated heterocycles.